The first-order valence-electron chi connectivity index (χ1n) is 6.25. The number of methoxy groups -OCH3 is 1. The van der Waals surface area contributed by atoms with Crippen LogP contribution in [0.1, 0.15) is 26.2 Å². The summed E-state index contributed by atoms with van der Waals surface area (Å²) < 4.78 is 15.6. The molecular formula is C14H18O4. The summed E-state index contributed by atoms with van der Waals surface area (Å²) in [7, 11) is 1.59. The van der Waals surface area contributed by atoms with E-state index in [9.17, 15) is 4.79 Å². The number of esters is 1. The Morgan fingerprint density at radius 2 is 1.94 bits per heavy atom. The van der Waals surface area contributed by atoms with Gasteiger partial charge in [-0.3, -0.25) is 0 Å². The van der Waals surface area contributed by atoms with Crippen molar-refractivity contribution in [3.05, 3.63) is 24.3 Å². The predicted molar refractivity (Wildman–Crippen MR) is 66.8 cm³/mol. The molecule has 2 rings (SSSR count). The Bertz CT molecular complexity index is 399. The average molecular weight is 250 g/mol. The summed E-state index contributed by atoms with van der Waals surface area (Å²) in [4.78, 5) is 11.7. The maximum atomic E-state index is 11.7. The topological polar surface area (TPSA) is 48.1 Å². The van der Waals surface area contributed by atoms with Gasteiger partial charge in [-0.25, -0.2) is 4.79 Å². The number of epoxide rings is 1. The van der Waals surface area contributed by atoms with Gasteiger partial charge < -0.3 is 14.2 Å². The van der Waals surface area contributed by atoms with Gasteiger partial charge in [0.15, 0.2) is 6.10 Å². The lowest BCUT2D eigenvalue weighted by Gasteiger charge is -2.03. The van der Waals surface area contributed by atoms with Gasteiger partial charge in [-0.05, 0) is 30.7 Å². The molecule has 0 spiro atoms. The molecule has 98 valence electrons. The molecule has 0 amide bonds. The van der Waals surface area contributed by atoms with E-state index in [2.05, 4.69) is 6.92 Å². The molecule has 0 unspecified atom stereocenters. The number of carbonyl (C=O) groups is 1. The second-order valence-corrected chi connectivity index (χ2v) is 4.33. The van der Waals surface area contributed by atoms with E-state index in [1.54, 1.807) is 31.4 Å². The van der Waals surface area contributed by atoms with Crippen LogP contribution in [0.15, 0.2) is 24.3 Å². The van der Waals surface area contributed by atoms with Crippen LogP contribution in [0.3, 0.4) is 0 Å². The molecule has 0 radical (unpaired) electrons. The normalized spacial score (nSPS) is 21.4. The first kappa shape index (κ1) is 12.9. The summed E-state index contributed by atoms with van der Waals surface area (Å²) in [5, 5.41) is 0. The van der Waals surface area contributed by atoms with Crippen LogP contribution in [0.4, 0.5) is 0 Å². The molecule has 1 fully saturated rings. The van der Waals surface area contributed by atoms with Crippen molar-refractivity contribution in [3.8, 4) is 11.5 Å². The molecule has 1 aromatic rings. The van der Waals surface area contributed by atoms with Gasteiger partial charge in [0.25, 0.3) is 0 Å². The Morgan fingerprint density at radius 1 is 1.28 bits per heavy atom. The van der Waals surface area contributed by atoms with Crippen LogP contribution >= 0.6 is 0 Å². The van der Waals surface area contributed by atoms with Crippen LogP contribution < -0.4 is 9.47 Å². The molecule has 0 aromatic heterocycles. The third-order valence-corrected chi connectivity index (χ3v) is 2.93. The first-order valence-corrected chi connectivity index (χ1v) is 6.25. The Balaban J connectivity index is 1.81. The fourth-order valence-electron chi connectivity index (χ4n) is 1.79. The molecule has 18 heavy (non-hydrogen) atoms. The summed E-state index contributed by atoms with van der Waals surface area (Å²) in [6.07, 6.45) is 2.80. The minimum absolute atomic E-state index is 0.0516. The lowest BCUT2D eigenvalue weighted by molar-refractivity contribution is -0.135. The fraction of sp³-hybridized carbons (Fsp3) is 0.500. The summed E-state index contributed by atoms with van der Waals surface area (Å²) in [6.45, 7) is 2.12. The van der Waals surface area contributed by atoms with E-state index in [1.165, 1.54) is 0 Å². The molecular weight excluding hydrogens is 232 g/mol. The van der Waals surface area contributed by atoms with Crippen molar-refractivity contribution in [1.29, 1.82) is 0 Å². The molecule has 4 heteroatoms. The number of benzene rings is 1. The average Bonchev–Trinajstić information content (AvgIpc) is 3.17. The number of hydrogen-bond acceptors (Lipinski definition) is 4. The van der Waals surface area contributed by atoms with Crippen LogP contribution in [0.2, 0.25) is 0 Å². The Kier molecular flexibility index (Phi) is 4.20. The second kappa shape index (κ2) is 5.87. The smallest absolute Gasteiger partial charge is 0.343 e. The van der Waals surface area contributed by atoms with Crippen molar-refractivity contribution in [2.75, 3.05) is 7.11 Å². The number of rotatable bonds is 6. The standard InChI is InChI=1S/C14H18O4/c1-3-4-5-12-13(18-12)14(15)17-11-8-6-10(16-2)7-9-11/h6-9,12-13H,3-5H2,1-2H3/t12-,13+/m1/s1. The van der Waals surface area contributed by atoms with Crippen molar-refractivity contribution >= 4 is 5.97 Å². The van der Waals surface area contributed by atoms with Gasteiger partial charge in [0.2, 0.25) is 0 Å². The highest BCUT2D eigenvalue weighted by atomic mass is 16.6. The molecule has 0 N–H and O–H groups in total. The minimum atomic E-state index is -0.376. The Morgan fingerprint density at radius 3 is 2.56 bits per heavy atom. The van der Waals surface area contributed by atoms with Crippen LogP contribution in [0.5, 0.6) is 11.5 Å². The maximum Gasteiger partial charge on any atom is 0.343 e. The molecule has 1 aliphatic rings. The summed E-state index contributed by atoms with van der Waals surface area (Å²) >= 11 is 0. The Labute approximate surface area is 107 Å². The molecule has 0 aliphatic carbocycles. The van der Waals surface area contributed by atoms with E-state index < -0.39 is 0 Å². The molecule has 1 aromatic carbocycles. The van der Waals surface area contributed by atoms with Crippen LogP contribution in [0, 0.1) is 0 Å². The molecule has 1 saturated heterocycles. The van der Waals surface area contributed by atoms with Gasteiger partial charge in [-0.15, -0.1) is 0 Å². The third kappa shape index (κ3) is 3.23. The number of carbonyl (C=O) groups excluding carboxylic acids is 1. The zero-order chi connectivity index (χ0) is 13.0. The summed E-state index contributed by atoms with van der Waals surface area (Å²) in [5.41, 5.74) is 0. The number of hydrogen-bond donors (Lipinski definition) is 0. The molecule has 4 nitrogen and oxygen atoms in total. The number of ether oxygens (including phenoxy) is 3. The van der Waals surface area contributed by atoms with Gasteiger partial charge in [0.1, 0.15) is 11.5 Å². The first-order chi connectivity index (χ1) is 8.74. The van der Waals surface area contributed by atoms with Crippen molar-refractivity contribution in [2.45, 2.75) is 38.4 Å². The Hall–Kier alpha value is -1.55. The van der Waals surface area contributed by atoms with Crippen molar-refractivity contribution in [3.63, 3.8) is 0 Å². The van der Waals surface area contributed by atoms with Crippen molar-refractivity contribution in [1.82, 2.24) is 0 Å². The van der Waals surface area contributed by atoms with Crippen molar-refractivity contribution < 1.29 is 19.0 Å². The van der Waals surface area contributed by atoms with Gasteiger partial charge in [0.05, 0.1) is 13.2 Å². The van der Waals surface area contributed by atoms with Gasteiger partial charge in [-0.2, -0.15) is 0 Å². The van der Waals surface area contributed by atoms with E-state index in [1.807, 2.05) is 0 Å². The van der Waals surface area contributed by atoms with E-state index in [4.69, 9.17) is 14.2 Å². The van der Waals surface area contributed by atoms with Gasteiger partial charge in [0, 0.05) is 0 Å². The molecule has 1 heterocycles. The highest BCUT2D eigenvalue weighted by molar-refractivity contribution is 5.80. The number of unbranched alkanes of at least 4 members (excludes halogenated alkanes) is 1. The molecule has 0 bridgehead atoms. The second-order valence-electron chi connectivity index (χ2n) is 4.33. The zero-order valence-corrected chi connectivity index (χ0v) is 10.7. The lowest BCUT2D eigenvalue weighted by Crippen LogP contribution is -2.17. The minimum Gasteiger partial charge on any atom is -0.497 e. The van der Waals surface area contributed by atoms with E-state index in [-0.39, 0.29) is 18.2 Å². The molecule has 1 aliphatic heterocycles. The SMILES string of the molecule is CCCC[C@H]1O[C@@H]1C(=O)Oc1ccc(OC)cc1. The predicted octanol–water partition coefficient (Wildman–Crippen LogP) is 2.56. The van der Waals surface area contributed by atoms with E-state index in [0.29, 0.717) is 5.75 Å². The summed E-state index contributed by atoms with van der Waals surface area (Å²) in [6, 6.07) is 6.93. The largest absolute Gasteiger partial charge is 0.497 e. The van der Waals surface area contributed by atoms with Gasteiger partial charge >= 0.3 is 5.97 Å². The molecule has 0 saturated carbocycles. The maximum absolute atomic E-state index is 11.7. The fourth-order valence-corrected chi connectivity index (χ4v) is 1.79. The molecule has 2 atom stereocenters. The van der Waals surface area contributed by atoms with Gasteiger partial charge in [-0.1, -0.05) is 19.8 Å². The van der Waals surface area contributed by atoms with Crippen molar-refractivity contribution in [2.24, 2.45) is 0 Å². The van der Waals surface area contributed by atoms with Crippen LogP contribution in [-0.2, 0) is 9.53 Å². The van der Waals surface area contributed by atoms with Crippen LogP contribution in [0.25, 0.3) is 0 Å². The highest BCUT2D eigenvalue weighted by Gasteiger charge is 2.45. The zero-order valence-electron chi connectivity index (χ0n) is 10.7. The van der Waals surface area contributed by atoms with E-state index in [0.717, 1.165) is 25.0 Å². The quantitative estimate of drug-likeness (QED) is 0.442. The highest BCUT2D eigenvalue weighted by Crippen LogP contribution is 2.29. The lowest BCUT2D eigenvalue weighted by atomic mass is 10.1. The monoisotopic (exact) mass is 250 g/mol. The van der Waals surface area contributed by atoms with Crippen LogP contribution in [-0.4, -0.2) is 25.3 Å². The third-order valence-electron chi connectivity index (χ3n) is 2.93. The van der Waals surface area contributed by atoms with E-state index >= 15 is 0 Å². The summed E-state index contributed by atoms with van der Waals surface area (Å²) in [5.74, 6) is 0.949.